The number of halogens is 2. The SMILES string of the molecule is CCN(CC)S(=O)(=O)c1ccc(Cl)c(NC(=O)C[NH2+]Cc2ccccc2Cl)c1. The first kappa shape index (κ1) is 22.6. The van der Waals surface area contributed by atoms with Crippen molar-refractivity contribution in [1.82, 2.24) is 4.31 Å². The summed E-state index contributed by atoms with van der Waals surface area (Å²) in [5.41, 5.74) is 1.20. The summed E-state index contributed by atoms with van der Waals surface area (Å²) >= 11 is 12.2. The predicted molar refractivity (Wildman–Crippen MR) is 112 cm³/mol. The summed E-state index contributed by atoms with van der Waals surface area (Å²) in [7, 11) is -3.63. The molecule has 0 saturated heterocycles. The van der Waals surface area contributed by atoms with E-state index in [1.807, 2.05) is 18.2 Å². The van der Waals surface area contributed by atoms with Gasteiger partial charge in [-0.25, -0.2) is 8.42 Å². The van der Waals surface area contributed by atoms with Crippen LogP contribution in [0.2, 0.25) is 10.0 Å². The van der Waals surface area contributed by atoms with Crippen LogP contribution in [0.1, 0.15) is 19.4 Å². The number of quaternary nitrogens is 1. The second kappa shape index (κ2) is 10.2. The maximum absolute atomic E-state index is 12.7. The Hall–Kier alpha value is -1.64. The zero-order valence-electron chi connectivity index (χ0n) is 15.8. The summed E-state index contributed by atoms with van der Waals surface area (Å²) in [6.07, 6.45) is 0. The van der Waals surface area contributed by atoms with Crippen molar-refractivity contribution in [3.8, 4) is 0 Å². The van der Waals surface area contributed by atoms with Gasteiger partial charge < -0.3 is 10.6 Å². The van der Waals surface area contributed by atoms with Gasteiger partial charge in [-0.15, -0.1) is 0 Å². The molecule has 0 fully saturated rings. The monoisotopic (exact) mass is 444 g/mol. The van der Waals surface area contributed by atoms with E-state index in [2.05, 4.69) is 5.32 Å². The highest BCUT2D eigenvalue weighted by Crippen LogP contribution is 2.26. The lowest BCUT2D eigenvalue weighted by molar-refractivity contribution is -0.659. The van der Waals surface area contributed by atoms with Gasteiger partial charge in [0.25, 0.3) is 5.91 Å². The molecule has 6 nitrogen and oxygen atoms in total. The molecule has 0 atom stereocenters. The van der Waals surface area contributed by atoms with Crippen molar-refractivity contribution in [2.45, 2.75) is 25.3 Å². The first-order chi connectivity index (χ1) is 13.3. The Kier molecular flexibility index (Phi) is 8.27. The summed E-state index contributed by atoms with van der Waals surface area (Å²) in [5, 5.41) is 5.41. The normalized spacial score (nSPS) is 11.6. The number of nitrogens with one attached hydrogen (secondary N) is 1. The minimum atomic E-state index is -3.63. The van der Waals surface area contributed by atoms with E-state index in [1.165, 1.54) is 22.5 Å². The third-order valence-electron chi connectivity index (χ3n) is 4.21. The Bertz CT molecular complexity index is 932. The minimum absolute atomic E-state index is 0.0935. The van der Waals surface area contributed by atoms with E-state index in [0.717, 1.165) is 5.56 Å². The van der Waals surface area contributed by atoms with Crippen LogP contribution in [0.15, 0.2) is 47.4 Å². The molecule has 2 aromatic carbocycles. The van der Waals surface area contributed by atoms with Gasteiger partial charge >= 0.3 is 0 Å². The van der Waals surface area contributed by atoms with E-state index in [0.29, 0.717) is 24.7 Å². The molecule has 0 unspecified atom stereocenters. The van der Waals surface area contributed by atoms with Gasteiger partial charge in [-0.05, 0) is 24.3 Å². The van der Waals surface area contributed by atoms with Crippen LogP contribution in [0.4, 0.5) is 5.69 Å². The molecule has 0 saturated carbocycles. The molecule has 0 aromatic heterocycles. The van der Waals surface area contributed by atoms with Gasteiger partial charge in [0.05, 0.1) is 15.6 Å². The van der Waals surface area contributed by atoms with Crippen molar-refractivity contribution in [2.24, 2.45) is 0 Å². The van der Waals surface area contributed by atoms with Gasteiger partial charge in [0.15, 0.2) is 6.54 Å². The molecule has 28 heavy (non-hydrogen) atoms. The Labute approximate surface area is 175 Å². The van der Waals surface area contributed by atoms with Crippen molar-refractivity contribution in [2.75, 3.05) is 25.0 Å². The lowest BCUT2D eigenvalue weighted by atomic mass is 10.2. The van der Waals surface area contributed by atoms with E-state index >= 15 is 0 Å². The van der Waals surface area contributed by atoms with Gasteiger partial charge in [-0.2, -0.15) is 4.31 Å². The highest BCUT2D eigenvalue weighted by Gasteiger charge is 2.23. The van der Waals surface area contributed by atoms with Crippen LogP contribution in [0.3, 0.4) is 0 Å². The third kappa shape index (κ3) is 5.68. The first-order valence-corrected chi connectivity index (χ1v) is 11.1. The molecule has 0 radical (unpaired) electrons. The quantitative estimate of drug-likeness (QED) is 0.623. The zero-order chi connectivity index (χ0) is 20.7. The Morgan fingerprint density at radius 2 is 1.75 bits per heavy atom. The largest absolute Gasteiger partial charge is 0.335 e. The molecule has 0 spiro atoms. The van der Waals surface area contributed by atoms with Crippen LogP contribution in [-0.2, 0) is 21.4 Å². The maximum Gasteiger partial charge on any atom is 0.279 e. The number of amides is 1. The van der Waals surface area contributed by atoms with Crippen LogP contribution < -0.4 is 10.6 Å². The molecule has 0 bridgehead atoms. The van der Waals surface area contributed by atoms with E-state index in [4.69, 9.17) is 23.2 Å². The van der Waals surface area contributed by atoms with E-state index in [1.54, 1.807) is 25.2 Å². The molecule has 2 rings (SSSR count). The average Bonchev–Trinajstić information content (AvgIpc) is 2.65. The highest BCUT2D eigenvalue weighted by molar-refractivity contribution is 7.89. The van der Waals surface area contributed by atoms with Gasteiger partial charge in [0, 0.05) is 23.7 Å². The number of hydrogen-bond acceptors (Lipinski definition) is 3. The average molecular weight is 445 g/mol. The second-order valence-corrected chi connectivity index (χ2v) is 8.82. The predicted octanol–water partition coefficient (Wildman–Crippen LogP) is 2.73. The van der Waals surface area contributed by atoms with Crippen molar-refractivity contribution in [3.05, 3.63) is 58.1 Å². The number of nitrogens with zero attached hydrogens (tertiary/aromatic N) is 1. The molecule has 0 aliphatic carbocycles. The molecular weight excluding hydrogens is 421 g/mol. The lowest BCUT2D eigenvalue weighted by Gasteiger charge is -2.19. The molecule has 0 aliphatic rings. The van der Waals surface area contributed by atoms with E-state index < -0.39 is 10.0 Å². The lowest BCUT2D eigenvalue weighted by Crippen LogP contribution is -2.84. The van der Waals surface area contributed by atoms with Crippen LogP contribution in [0, 0.1) is 0 Å². The van der Waals surface area contributed by atoms with Crippen LogP contribution >= 0.6 is 23.2 Å². The van der Waals surface area contributed by atoms with Crippen molar-refractivity contribution in [3.63, 3.8) is 0 Å². The fraction of sp³-hybridized carbons (Fsp3) is 0.316. The van der Waals surface area contributed by atoms with Crippen molar-refractivity contribution < 1.29 is 18.5 Å². The summed E-state index contributed by atoms with van der Waals surface area (Å²) in [4.78, 5) is 12.3. The number of carbonyl (C=O) groups is 1. The fourth-order valence-electron chi connectivity index (χ4n) is 2.70. The molecular formula is C19H24Cl2N3O3S+. The highest BCUT2D eigenvalue weighted by atomic mass is 35.5. The molecule has 152 valence electrons. The standard InChI is InChI=1S/C19H23Cl2N3O3S/c1-3-24(4-2)28(26,27)15-9-10-17(21)18(11-15)23-19(25)13-22-12-14-7-5-6-8-16(14)20/h5-11,22H,3-4,12-13H2,1-2H3,(H,23,25)/p+1. The molecule has 3 N–H and O–H groups in total. The number of rotatable bonds is 9. The van der Waals surface area contributed by atoms with E-state index in [9.17, 15) is 13.2 Å². The molecule has 0 heterocycles. The molecule has 9 heteroatoms. The Morgan fingerprint density at radius 1 is 1.07 bits per heavy atom. The summed E-state index contributed by atoms with van der Waals surface area (Å²) in [6, 6.07) is 11.7. The van der Waals surface area contributed by atoms with Crippen LogP contribution in [0.25, 0.3) is 0 Å². The Balaban J connectivity index is 2.05. The second-order valence-electron chi connectivity index (χ2n) is 6.07. The topological polar surface area (TPSA) is 83.1 Å². The van der Waals surface area contributed by atoms with Gasteiger partial charge in [0.1, 0.15) is 6.54 Å². The van der Waals surface area contributed by atoms with Gasteiger partial charge in [-0.1, -0.05) is 55.2 Å². The molecule has 2 aromatic rings. The number of nitrogens with two attached hydrogens (primary N) is 1. The van der Waals surface area contributed by atoms with Gasteiger partial charge in [-0.3, -0.25) is 4.79 Å². The van der Waals surface area contributed by atoms with Crippen LogP contribution in [0.5, 0.6) is 0 Å². The summed E-state index contributed by atoms with van der Waals surface area (Å²) in [6.45, 7) is 4.97. The number of anilines is 1. The number of sulfonamides is 1. The van der Waals surface area contributed by atoms with Crippen molar-refractivity contribution >= 4 is 44.8 Å². The number of hydrogen-bond donors (Lipinski definition) is 2. The number of carbonyl (C=O) groups excluding carboxylic acids is 1. The van der Waals surface area contributed by atoms with Crippen LogP contribution in [-0.4, -0.2) is 38.3 Å². The zero-order valence-corrected chi connectivity index (χ0v) is 18.1. The maximum atomic E-state index is 12.7. The number of benzene rings is 2. The third-order valence-corrected chi connectivity index (χ3v) is 6.95. The fourth-order valence-corrected chi connectivity index (χ4v) is 4.56. The van der Waals surface area contributed by atoms with Gasteiger partial charge in [0.2, 0.25) is 10.0 Å². The first-order valence-electron chi connectivity index (χ1n) is 8.94. The van der Waals surface area contributed by atoms with Crippen molar-refractivity contribution in [1.29, 1.82) is 0 Å². The molecule has 1 amide bonds. The summed E-state index contributed by atoms with van der Waals surface area (Å²) < 4.78 is 26.7. The van der Waals surface area contributed by atoms with E-state index in [-0.39, 0.29) is 28.1 Å². The smallest absolute Gasteiger partial charge is 0.279 e. The summed E-state index contributed by atoms with van der Waals surface area (Å²) in [5.74, 6) is -0.286. The Morgan fingerprint density at radius 3 is 2.39 bits per heavy atom. The molecule has 0 aliphatic heterocycles. The minimum Gasteiger partial charge on any atom is -0.335 e.